The molecule has 14 heteroatoms. The summed E-state index contributed by atoms with van der Waals surface area (Å²) in [4.78, 5) is 45.7. The van der Waals surface area contributed by atoms with Crippen LogP contribution in [0.1, 0.15) is 5.56 Å². The summed E-state index contributed by atoms with van der Waals surface area (Å²) in [7, 11) is 0. The molecule has 5 aromatic heterocycles. The van der Waals surface area contributed by atoms with Gasteiger partial charge in [0, 0.05) is 82.7 Å². The van der Waals surface area contributed by atoms with Crippen molar-refractivity contribution in [2.24, 2.45) is 0 Å². The van der Waals surface area contributed by atoms with Gasteiger partial charge in [-0.25, -0.2) is 44.9 Å². The summed E-state index contributed by atoms with van der Waals surface area (Å²) in [6.07, 6.45) is -4.73. The van der Waals surface area contributed by atoms with Gasteiger partial charge in [0.1, 0.15) is 0 Å². The van der Waals surface area contributed by atoms with Crippen LogP contribution in [0.3, 0.4) is 0 Å². The zero-order chi connectivity index (χ0) is 64.3. The minimum Gasteiger partial charge on any atom is -0.309 e. The first-order valence-electron chi connectivity index (χ1n) is 31.3. The third-order valence-electron chi connectivity index (χ3n) is 17.3. The highest BCUT2D eigenvalue weighted by molar-refractivity contribution is 6.13. The van der Waals surface area contributed by atoms with E-state index in [2.05, 4.69) is 27.3 Å². The van der Waals surface area contributed by atoms with Gasteiger partial charge in [0.05, 0.1) is 39.0 Å². The summed E-state index contributed by atoms with van der Waals surface area (Å²) in [5.74, 6) is 4.28. The van der Waals surface area contributed by atoms with E-state index in [4.69, 9.17) is 44.9 Å². The van der Waals surface area contributed by atoms with Gasteiger partial charge in [0.25, 0.3) is 0 Å². The first-order chi connectivity index (χ1) is 47.2. The largest absolute Gasteiger partial charge is 0.416 e. The molecule has 17 aromatic rings. The standard InChI is InChI=1S/C82H50F3N11/c83-82(84,85)60-42-46-71(95-67-37-21-19-35-61(67)64-47-57(40-44-69(64)95)79-89-73(51-23-7-1-8-24-51)86-74(90-79)52-25-9-2-10-26-52)66(50-60)63-43-39-59(81-93-77(55-31-15-5-16-32-55)88-78(94-81)56-33-17-6-18-34-56)49-72(63)96-68-38-22-20-36-62(68)65-48-58(41-45-70(65)96)80-91-75(53-27-11-3-12-28-53)87-76(92-80)54-29-13-4-14-30-54/h1-50H. The number of nitrogens with zero attached hydrogens (tertiary/aromatic N) is 11. The van der Waals surface area contributed by atoms with Crippen molar-refractivity contribution in [3.8, 4) is 125 Å². The zero-order valence-electron chi connectivity index (χ0n) is 50.9. The molecule has 11 nitrogen and oxygen atoms in total. The Hall–Kier alpha value is -12.9. The molecule has 0 saturated carbocycles. The molecule has 0 unspecified atom stereocenters. The smallest absolute Gasteiger partial charge is 0.309 e. The Balaban J connectivity index is 0.909. The zero-order valence-corrected chi connectivity index (χ0v) is 50.9. The van der Waals surface area contributed by atoms with E-state index in [0.717, 1.165) is 88.1 Å². The van der Waals surface area contributed by atoms with E-state index < -0.39 is 11.7 Å². The van der Waals surface area contributed by atoms with E-state index in [1.54, 1.807) is 6.07 Å². The molecule has 0 fully saturated rings. The van der Waals surface area contributed by atoms with Gasteiger partial charge in [0.15, 0.2) is 52.4 Å². The van der Waals surface area contributed by atoms with Crippen molar-refractivity contribution in [2.45, 2.75) is 6.18 Å². The van der Waals surface area contributed by atoms with Gasteiger partial charge in [0.2, 0.25) is 0 Å². The quantitative estimate of drug-likeness (QED) is 0.118. The van der Waals surface area contributed by atoms with Crippen LogP contribution in [0.15, 0.2) is 303 Å². The molecule has 0 radical (unpaired) electrons. The number of halogens is 3. The first kappa shape index (κ1) is 57.0. The molecule has 0 amide bonds. The first-order valence-corrected chi connectivity index (χ1v) is 31.3. The third-order valence-corrected chi connectivity index (χ3v) is 17.3. The summed E-state index contributed by atoms with van der Waals surface area (Å²) in [5.41, 5.74) is 11.1. The predicted octanol–water partition coefficient (Wildman–Crippen LogP) is 20.1. The third kappa shape index (κ3) is 10.4. The average molecular weight is 1250 g/mol. The molecule has 0 atom stereocenters. The molecule has 96 heavy (non-hydrogen) atoms. The van der Waals surface area contributed by atoms with E-state index in [-0.39, 0.29) is 0 Å². The lowest BCUT2D eigenvalue weighted by Gasteiger charge is -2.21. The lowest BCUT2D eigenvalue weighted by atomic mass is 9.96. The molecule has 0 saturated heterocycles. The number of fused-ring (bicyclic) bond motifs is 6. The average Bonchev–Trinajstić information content (AvgIpc) is 1.57. The fourth-order valence-corrected chi connectivity index (χ4v) is 12.8. The normalized spacial score (nSPS) is 11.7. The summed E-state index contributed by atoms with van der Waals surface area (Å²) in [6.45, 7) is 0. The number of para-hydroxylation sites is 2. The van der Waals surface area contributed by atoms with Crippen LogP contribution in [0.4, 0.5) is 13.2 Å². The summed E-state index contributed by atoms with van der Waals surface area (Å²) in [5, 5.41) is 3.45. The number of alkyl halides is 3. The second-order valence-electron chi connectivity index (χ2n) is 23.2. The van der Waals surface area contributed by atoms with Crippen LogP contribution in [0.5, 0.6) is 0 Å². The van der Waals surface area contributed by atoms with E-state index in [9.17, 15) is 0 Å². The molecule has 17 rings (SSSR count). The molecule has 454 valence electrons. The van der Waals surface area contributed by atoms with Crippen LogP contribution >= 0.6 is 0 Å². The summed E-state index contributed by atoms with van der Waals surface area (Å²) in [6, 6.07) is 96.7. The number of rotatable bonds is 12. The molecule has 0 bridgehead atoms. The number of benzene rings is 12. The highest BCUT2D eigenvalue weighted by atomic mass is 19.4. The van der Waals surface area contributed by atoms with Crippen LogP contribution in [0, 0.1) is 0 Å². The Labute approximate surface area is 548 Å². The van der Waals surface area contributed by atoms with Crippen molar-refractivity contribution < 1.29 is 13.2 Å². The second kappa shape index (κ2) is 23.6. The number of hydrogen-bond acceptors (Lipinski definition) is 9. The van der Waals surface area contributed by atoms with Gasteiger partial charge in [-0.15, -0.1) is 0 Å². The molecule has 12 aromatic carbocycles. The van der Waals surface area contributed by atoms with E-state index in [1.165, 1.54) is 12.1 Å². The van der Waals surface area contributed by atoms with Crippen molar-refractivity contribution in [1.29, 1.82) is 0 Å². The van der Waals surface area contributed by atoms with Crippen molar-refractivity contribution in [2.75, 3.05) is 0 Å². The van der Waals surface area contributed by atoms with Crippen LogP contribution in [0.25, 0.3) is 169 Å². The molecule has 0 aliphatic carbocycles. The molecule has 0 spiro atoms. The van der Waals surface area contributed by atoms with Gasteiger partial charge in [-0.05, 0) is 72.8 Å². The monoisotopic (exact) mass is 1250 g/mol. The van der Waals surface area contributed by atoms with Crippen molar-refractivity contribution in [3.05, 3.63) is 309 Å². The maximum Gasteiger partial charge on any atom is 0.416 e. The van der Waals surface area contributed by atoms with Crippen molar-refractivity contribution >= 4 is 43.6 Å². The molecule has 5 heterocycles. The molecule has 0 N–H and O–H groups in total. The number of aromatic nitrogens is 11. The molecule has 0 aliphatic rings. The van der Waals surface area contributed by atoms with Gasteiger partial charge < -0.3 is 9.13 Å². The van der Waals surface area contributed by atoms with Crippen LogP contribution in [-0.2, 0) is 6.18 Å². The maximum absolute atomic E-state index is 15.7. The van der Waals surface area contributed by atoms with Crippen LogP contribution in [0.2, 0.25) is 0 Å². The molecular weight excluding hydrogens is 1200 g/mol. The SMILES string of the molecule is FC(F)(F)c1ccc(-n2c3ccccc3c3cc(-c4nc(-c5ccccc5)nc(-c5ccccc5)n4)ccc32)c(-c2ccc(-c3nc(-c4ccccc4)nc(-c4ccccc4)n3)cc2-n2c3ccccc3c3cc(-c4nc(-c5ccccc5)nc(-c5ccccc5)n4)ccc32)c1. The van der Waals surface area contributed by atoms with E-state index in [0.29, 0.717) is 80.5 Å². The van der Waals surface area contributed by atoms with E-state index in [1.807, 2.05) is 267 Å². The van der Waals surface area contributed by atoms with Gasteiger partial charge in [-0.2, -0.15) is 13.2 Å². The van der Waals surface area contributed by atoms with Gasteiger partial charge in [-0.1, -0.05) is 231 Å². The Morgan fingerprint density at radius 3 is 0.833 bits per heavy atom. The van der Waals surface area contributed by atoms with Crippen LogP contribution in [-0.4, -0.2) is 54.0 Å². The topological polar surface area (TPSA) is 126 Å². The minimum absolute atomic E-state index is 0.316. The maximum atomic E-state index is 15.7. The minimum atomic E-state index is -4.73. The Morgan fingerprint density at radius 2 is 0.490 bits per heavy atom. The summed E-state index contributed by atoms with van der Waals surface area (Å²) >= 11 is 0. The fourth-order valence-electron chi connectivity index (χ4n) is 12.8. The highest BCUT2D eigenvalue weighted by Gasteiger charge is 2.33. The molecular formula is C82H50F3N11. The second-order valence-corrected chi connectivity index (χ2v) is 23.2. The van der Waals surface area contributed by atoms with E-state index >= 15 is 13.2 Å². The lowest BCUT2D eigenvalue weighted by molar-refractivity contribution is -0.137. The summed E-state index contributed by atoms with van der Waals surface area (Å²) < 4.78 is 51.4. The highest BCUT2D eigenvalue weighted by Crippen LogP contribution is 2.46. The lowest BCUT2D eigenvalue weighted by Crippen LogP contribution is -2.08. The predicted molar refractivity (Wildman–Crippen MR) is 375 cm³/mol. The van der Waals surface area contributed by atoms with Crippen LogP contribution < -0.4 is 0 Å². The Morgan fingerprint density at radius 1 is 0.208 bits per heavy atom. The van der Waals surface area contributed by atoms with Gasteiger partial charge >= 0.3 is 6.18 Å². The fraction of sp³-hybridized carbons (Fsp3) is 0.0122. The van der Waals surface area contributed by atoms with Gasteiger partial charge in [-0.3, -0.25) is 0 Å². The van der Waals surface area contributed by atoms with Crippen molar-refractivity contribution in [1.82, 2.24) is 54.0 Å². The van der Waals surface area contributed by atoms with Crippen molar-refractivity contribution in [3.63, 3.8) is 0 Å². The number of hydrogen-bond donors (Lipinski definition) is 0. The molecule has 0 aliphatic heterocycles. The Kier molecular flexibility index (Phi) is 14.0. The Bertz CT molecular complexity index is 5640.